The molecule has 0 bridgehead atoms. The number of pyridine rings is 1. The number of aliphatic hydroxyl groups excluding tert-OH is 1. The summed E-state index contributed by atoms with van der Waals surface area (Å²) in [5, 5.41) is 10.3. The van der Waals surface area contributed by atoms with E-state index < -0.39 is 12.7 Å². The van der Waals surface area contributed by atoms with Gasteiger partial charge < -0.3 is 14.6 Å². The summed E-state index contributed by atoms with van der Waals surface area (Å²) in [7, 11) is 1.36. The first-order valence-corrected chi connectivity index (χ1v) is 6.23. The number of nitrogens with zero attached hydrogens (tertiary/aromatic N) is 1. The smallest absolute Gasteiger partial charge is 0.387 e. The van der Waals surface area contributed by atoms with Crippen LogP contribution in [0.2, 0.25) is 0 Å². The van der Waals surface area contributed by atoms with E-state index in [1.165, 1.54) is 25.4 Å². The van der Waals surface area contributed by atoms with Crippen molar-refractivity contribution in [1.82, 2.24) is 4.98 Å². The third-order valence-corrected chi connectivity index (χ3v) is 2.93. The fraction of sp³-hybridized carbons (Fsp3) is 0.267. The highest BCUT2D eigenvalue weighted by molar-refractivity contribution is 5.45. The van der Waals surface area contributed by atoms with Crippen LogP contribution in [-0.4, -0.2) is 23.8 Å². The molecule has 2 aromatic rings. The minimum absolute atomic E-state index is 0.121. The van der Waals surface area contributed by atoms with Crippen LogP contribution in [0, 0.1) is 6.92 Å². The van der Waals surface area contributed by atoms with E-state index in [1.807, 2.05) is 6.92 Å². The molecular formula is C15H15F2NO3. The summed E-state index contributed by atoms with van der Waals surface area (Å²) in [6.45, 7) is -1.12. The van der Waals surface area contributed by atoms with Gasteiger partial charge in [0.15, 0.2) is 11.5 Å². The lowest BCUT2D eigenvalue weighted by molar-refractivity contribution is -0.0513. The summed E-state index contributed by atoms with van der Waals surface area (Å²) in [6.07, 6.45) is 2.20. The van der Waals surface area contributed by atoms with Crippen molar-refractivity contribution < 1.29 is 23.4 Å². The Kier molecular flexibility index (Phi) is 4.70. The minimum Gasteiger partial charge on any atom is -0.493 e. The Bertz CT molecular complexity index is 620. The molecule has 2 rings (SSSR count). The Morgan fingerprint density at radius 1 is 1.10 bits per heavy atom. The van der Waals surface area contributed by atoms with Crippen molar-refractivity contribution in [2.45, 2.75) is 19.6 Å². The molecule has 0 aliphatic carbocycles. The molecule has 1 aromatic carbocycles. The van der Waals surface area contributed by atoms with Gasteiger partial charge in [-0.3, -0.25) is 4.98 Å². The lowest BCUT2D eigenvalue weighted by Crippen LogP contribution is -2.06. The summed E-state index contributed by atoms with van der Waals surface area (Å²) < 4.78 is 34.1. The number of alkyl halides is 2. The summed E-state index contributed by atoms with van der Waals surface area (Å²) >= 11 is 0. The molecule has 1 aromatic heterocycles. The van der Waals surface area contributed by atoms with E-state index in [2.05, 4.69) is 9.72 Å². The van der Waals surface area contributed by atoms with Crippen LogP contribution in [0.5, 0.6) is 11.5 Å². The quantitative estimate of drug-likeness (QED) is 0.921. The fourth-order valence-corrected chi connectivity index (χ4v) is 1.97. The molecule has 6 heteroatoms. The Hall–Kier alpha value is -2.21. The number of halogens is 2. The zero-order valence-corrected chi connectivity index (χ0v) is 11.6. The van der Waals surface area contributed by atoms with Crippen LogP contribution >= 0.6 is 0 Å². The lowest BCUT2D eigenvalue weighted by atomic mass is 10.0. The van der Waals surface area contributed by atoms with E-state index in [-0.39, 0.29) is 11.5 Å². The summed E-state index contributed by atoms with van der Waals surface area (Å²) in [6, 6.07) is 6.16. The molecule has 0 saturated carbocycles. The standard InChI is InChI=1S/C15H15F2NO3/c1-9-5-11(8-18-7-9)14(19)10-3-4-12(20-2)13(6-10)21-15(16)17/h3-8,14-15,19H,1-2H3. The predicted octanol–water partition coefficient (Wildman–Crippen LogP) is 3.08. The molecule has 4 nitrogen and oxygen atoms in total. The second-order valence-electron chi connectivity index (χ2n) is 4.49. The highest BCUT2D eigenvalue weighted by Gasteiger charge is 2.16. The van der Waals surface area contributed by atoms with Crippen LogP contribution in [0.15, 0.2) is 36.7 Å². The zero-order valence-electron chi connectivity index (χ0n) is 11.6. The van der Waals surface area contributed by atoms with E-state index in [0.717, 1.165) is 5.56 Å². The summed E-state index contributed by atoms with van der Waals surface area (Å²) in [4.78, 5) is 4.00. The van der Waals surface area contributed by atoms with E-state index in [4.69, 9.17) is 4.74 Å². The van der Waals surface area contributed by atoms with Gasteiger partial charge in [-0.15, -0.1) is 0 Å². The molecule has 0 saturated heterocycles. The summed E-state index contributed by atoms with van der Waals surface area (Å²) in [5.74, 6) is 0.0540. The van der Waals surface area contributed by atoms with E-state index in [0.29, 0.717) is 11.1 Å². The normalized spacial score (nSPS) is 12.3. The zero-order chi connectivity index (χ0) is 15.4. The maximum Gasteiger partial charge on any atom is 0.387 e. The molecule has 0 aliphatic heterocycles. The lowest BCUT2D eigenvalue weighted by Gasteiger charge is -2.15. The molecule has 1 heterocycles. The highest BCUT2D eigenvalue weighted by Crippen LogP contribution is 2.33. The van der Waals surface area contributed by atoms with Crippen LogP contribution in [0.3, 0.4) is 0 Å². The van der Waals surface area contributed by atoms with Crippen molar-refractivity contribution in [2.24, 2.45) is 0 Å². The van der Waals surface area contributed by atoms with E-state index in [9.17, 15) is 13.9 Å². The van der Waals surface area contributed by atoms with Crippen molar-refractivity contribution in [3.8, 4) is 11.5 Å². The maximum absolute atomic E-state index is 12.4. The highest BCUT2D eigenvalue weighted by atomic mass is 19.3. The van der Waals surface area contributed by atoms with Gasteiger partial charge in [-0.05, 0) is 30.2 Å². The van der Waals surface area contributed by atoms with Gasteiger partial charge in [0.1, 0.15) is 6.10 Å². The molecule has 1 atom stereocenters. The van der Waals surface area contributed by atoms with Gasteiger partial charge in [-0.2, -0.15) is 8.78 Å². The molecule has 1 unspecified atom stereocenters. The molecule has 21 heavy (non-hydrogen) atoms. The Morgan fingerprint density at radius 2 is 1.86 bits per heavy atom. The van der Waals surface area contributed by atoms with E-state index in [1.54, 1.807) is 18.3 Å². The van der Waals surface area contributed by atoms with Crippen molar-refractivity contribution >= 4 is 0 Å². The molecule has 112 valence electrons. The van der Waals surface area contributed by atoms with Crippen molar-refractivity contribution in [2.75, 3.05) is 7.11 Å². The van der Waals surface area contributed by atoms with Crippen molar-refractivity contribution in [1.29, 1.82) is 0 Å². The predicted molar refractivity (Wildman–Crippen MR) is 72.7 cm³/mol. The van der Waals surface area contributed by atoms with Gasteiger partial charge in [0.25, 0.3) is 0 Å². The topological polar surface area (TPSA) is 51.6 Å². The van der Waals surface area contributed by atoms with Gasteiger partial charge in [0, 0.05) is 18.0 Å². The third-order valence-electron chi connectivity index (χ3n) is 2.93. The van der Waals surface area contributed by atoms with Gasteiger partial charge in [-0.1, -0.05) is 12.1 Å². The first-order valence-electron chi connectivity index (χ1n) is 6.23. The average molecular weight is 295 g/mol. The first kappa shape index (κ1) is 15.2. The number of hydrogen-bond donors (Lipinski definition) is 1. The minimum atomic E-state index is -2.97. The van der Waals surface area contributed by atoms with Crippen molar-refractivity contribution in [3.63, 3.8) is 0 Å². The number of methoxy groups -OCH3 is 1. The number of aromatic nitrogens is 1. The van der Waals surface area contributed by atoms with Gasteiger partial charge in [-0.25, -0.2) is 0 Å². The second-order valence-corrected chi connectivity index (χ2v) is 4.49. The molecule has 0 radical (unpaired) electrons. The Balaban J connectivity index is 2.35. The van der Waals surface area contributed by atoms with Gasteiger partial charge >= 0.3 is 6.61 Å². The maximum atomic E-state index is 12.4. The molecule has 0 amide bonds. The van der Waals surface area contributed by atoms with Gasteiger partial charge in [0.2, 0.25) is 0 Å². The largest absolute Gasteiger partial charge is 0.493 e. The van der Waals surface area contributed by atoms with Crippen LogP contribution < -0.4 is 9.47 Å². The Labute approximate surface area is 121 Å². The number of hydrogen-bond acceptors (Lipinski definition) is 4. The second kappa shape index (κ2) is 6.49. The number of ether oxygens (including phenoxy) is 2. The van der Waals surface area contributed by atoms with Gasteiger partial charge in [0.05, 0.1) is 7.11 Å². The fourth-order valence-electron chi connectivity index (χ4n) is 1.97. The molecular weight excluding hydrogens is 280 g/mol. The van der Waals surface area contributed by atoms with Crippen LogP contribution in [0.4, 0.5) is 8.78 Å². The number of benzene rings is 1. The molecule has 0 aliphatic rings. The molecule has 0 spiro atoms. The van der Waals surface area contributed by atoms with Crippen molar-refractivity contribution in [3.05, 3.63) is 53.3 Å². The number of aryl methyl sites for hydroxylation is 1. The van der Waals surface area contributed by atoms with Crippen LogP contribution in [-0.2, 0) is 0 Å². The SMILES string of the molecule is COc1ccc(C(O)c2cncc(C)c2)cc1OC(F)F. The summed E-state index contributed by atoms with van der Waals surface area (Å²) in [5.41, 5.74) is 1.88. The number of rotatable bonds is 5. The number of aliphatic hydroxyl groups is 1. The molecule has 0 fully saturated rings. The monoisotopic (exact) mass is 295 g/mol. The van der Waals surface area contributed by atoms with E-state index >= 15 is 0 Å². The first-order chi connectivity index (χ1) is 10.0. The Morgan fingerprint density at radius 3 is 2.48 bits per heavy atom. The molecule has 1 N–H and O–H groups in total. The van der Waals surface area contributed by atoms with Crippen LogP contribution in [0.25, 0.3) is 0 Å². The van der Waals surface area contributed by atoms with Crippen LogP contribution in [0.1, 0.15) is 22.8 Å². The third kappa shape index (κ3) is 3.66. The average Bonchev–Trinajstić information content (AvgIpc) is 2.46.